The van der Waals surface area contributed by atoms with Crippen LogP contribution in [0.1, 0.15) is 26.2 Å². The fourth-order valence-corrected chi connectivity index (χ4v) is 1.27. The first-order valence-corrected chi connectivity index (χ1v) is 4.90. The molecule has 0 spiro atoms. The molecule has 0 radical (unpaired) electrons. The number of hydrogen-bond acceptors (Lipinski definition) is 4. The van der Waals surface area contributed by atoms with Crippen LogP contribution in [0, 0.1) is 0 Å². The van der Waals surface area contributed by atoms with Crippen LogP contribution in [0.3, 0.4) is 0 Å². The molecular formula is C10H18N2O4. The summed E-state index contributed by atoms with van der Waals surface area (Å²) in [5.74, 6) is -2.27. The van der Waals surface area contributed by atoms with E-state index in [1.54, 1.807) is 6.92 Å². The Bertz CT molecular complexity index is 303. The van der Waals surface area contributed by atoms with E-state index in [1.807, 2.05) is 0 Å². The van der Waals surface area contributed by atoms with Gasteiger partial charge in [-0.15, -0.1) is 0 Å². The number of carboxylic acids is 2. The fourth-order valence-electron chi connectivity index (χ4n) is 1.27. The number of aliphatic carboxylic acids is 2. The zero-order valence-electron chi connectivity index (χ0n) is 9.27. The SMILES string of the molecule is C=C(CC(N)C(=O)O)CC(N)(CC)C(=O)O. The lowest BCUT2D eigenvalue weighted by molar-refractivity contribution is -0.143. The zero-order chi connectivity index (χ0) is 12.9. The molecule has 6 heteroatoms. The van der Waals surface area contributed by atoms with Gasteiger partial charge in [-0.3, -0.25) is 9.59 Å². The topological polar surface area (TPSA) is 127 Å². The van der Waals surface area contributed by atoms with E-state index in [0.717, 1.165) is 0 Å². The predicted octanol–water partition coefficient (Wildman–Crippen LogP) is -0.0732. The molecule has 0 aromatic heterocycles. The molecule has 0 saturated carbocycles. The quantitative estimate of drug-likeness (QED) is 0.453. The first kappa shape index (κ1) is 14.6. The largest absolute Gasteiger partial charge is 0.480 e. The third kappa shape index (κ3) is 4.00. The van der Waals surface area contributed by atoms with Crippen molar-refractivity contribution in [2.45, 2.75) is 37.8 Å². The minimum Gasteiger partial charge on any atom is -0.480 e. The van der Waals surface area contributed by atoms with Crippen molar-refractivity contribution in [1.29, 1.82) is 0 Å². The Labute approximate surface area is 93.9 Å². The van der Waals surface area contributed by atoms with Crippen LogP contribution in [0.15, 0.2) is 12.2 Å². The molecule has 0 aliphatic heterocycles. The molecule has 0 fully saturated rings. The molecule has 92 valence electrons. The second kappa shape index (κ2) is 5.62. The summed E-state index contributed by atoms with van der Waals surface area (Å²) >= 11 is 0. The highest BCUT2D eigenvalue weighted by atomic mass is 16.4. The third-order valence-electron chi connectivity index (χ3n) is 2.45. The van der Waals surface area contributed by atoms with Gasteiger partial charge in [0.2, 0.25) is 0 Å². The highest BCUT2D eigenvalue weighted by molar-refractivity contribution is 5.79. The van der Waals surface area contributed by atoms with Gasteiger partial charge in [0.25, 0.3) is 0 Å². The monoisotopic (exact) mass is 230 g/mol. The maximum atomic E-state index is 10.9. The van der Waals surface area contributed by atoms with Crippen molar-refractivity contribution >= 4 is 11.9 Å². The van der Waals surface area contributed by atoms with Crippen LogP contribution >= 0.6 is 0 Å². The normalized spacial score (nSPS) is 16.2. The third-order valence-corrected chi connectivity index (χ3v) is 2.45. The van der Waals surface area contributed by atoms with Crippen molar-refractivity contribution in [3.05, 3.63) is 12.2 Å². The van der Waals surface area contributed by atoms with Crippen molar-refractivity contribution in [2.24, 2.45) is 11.5 Å². The minimum absolute atomic E-state index is 0.0276. The number of carbonyl (C=O) groups is 2. The lowest BCUT2D eigenvalue weighted by Gasteiger charge is -2.24. The summed E-state index contributed by atoms with van der Waals surface area (Å²) in [6, 6.07) is -1.07. The molecule has 2 atom stereocenters. The molecule has 0 aromatic rings. The number of rotatable bonds is 7. The number of hydrogen-bond donors (Lipinski definition) is 4. The molecule has 0 saturated heterocycles. The number of nitrogens with two attached hydrogens (primary N) is 2. The summed E-state index contributed by atoms with van der Waals surface area (Å²) in [5.41, 5.74) is 9.99. The van der Waals surface area contributed by atoms with Crippen molar-refractivity contribution in [2.75, 3.05) is 0 Å². The highest BCUT2D eigenvalue weighted by Crippen LogP contribution is 2.20. The molecular weight excluding hydrogens is 212 g/mol. The van der Waals surface area contributed by atoms with Crippen LogP contribution in [-0.2, 0) is 9.59 Å². The lowest BCUT2D eigenvalue weighted by atomic mass is 9.87. The standard InChI is InChI=1S/C10H18N2O4/c1-3-10(12,9(15)16)5-6(2)4-7(11)8(13)14/h7H,2-5,11-12H2,1H3,(H,13,14)(H,15,16). The smallest absolute Gasteiger partial charge is 0.323 e. The van der Waals surface area contributed by atoms with Gasteiger partial charge in [0.15, 0.2) is 0 Å². The van der Waals surface area contributed by atoms with Gasteiger partial charge < -0.3 is 21.7 Å². The predicted molar refractivity (Wildman–Crippen MR) is 58.8 cm³/mol. The van der Waals surface area contributed by atoms with Crippen LogP contribution in [0.25, 0.3) is 0 Å². The van der Waals surface area contributed by atoms with Gasteiger partial charge in [-0.25, -0.2) is 0 Å². The average molecular weight is 230 g/mol. The van der Waals surface area contributed by atoms with Gasteiger partial charge >= 0.3 is 11.9 Å². The van der Waals surface area contributed by atoms with Crippen LogP contribution in [0.2, 0.25) is 0 Å². The summed E-state index contributed by atoms with van der Waals surface area (Å²) in [5, 5.41) is 17.5. The Kier molecular flexibility index (Phi) is 5.13. The van der Waals surface area contributed by atoms with Gasteiger partial charge in [-0.2, -0.15) is 0 Å². The molecule has 6 nitrogen and oxygen atoms in total. The van der Waals surface area contributed by atoms with Crippen LogP contribution in [-0.4, -0.2) is 33.7 Å². The zero-order valence-corrected chi connectivity index (χ0v) is 9.27. The van der Waals surface area contributed by atoms with E-state index in [2.05, 4.69) is 6.58 Å². The van der Waals surface area contributed by atoms with Crippen LogP contribution in [0.4, 0.5) is 0 Å². The van der Waals surface area contributed by atoms with Crippen molar-refractivity contribution < 1.29 is 19.8 Å². The molecule has 2 unspecified atom stereocenters. The Morgan fingerprint density at radius 3 is 2.25 bits per heavy atom. The van der Waals surface area contributed by atoms with Crippen LogP contribution < -0.4 is 11.5 Å². The summed E-state index contributed by atoms with van der Waals surface area (Å²) in [7, 11) is 0. The van der Waals surface area contributed by atoms with E-state index in [-0.39, 0.29) is 19.3 Å². The highest BCUT2D eigenvalue weighted by Gasteiger charge is 2.32. The van der Waals surface area contributed by atoms with Gasteiger partial charge in [0.05, 0.1) is 0 Å². The van der Waals surface area contributed by atoms with Gasteiger partial charge in [0.1, 0.15) is 11.6 Å². The summed E-state index contributed by atoms with van der Waals surface area (Å²) in [6.07, 6.45) is 0.297. The molecule has 16 heavy (non-hydrogen) atoms. The van der Waals surface area contributed by atoms with Gasteiger partial charge in [-0.05, 0) is 19.3 Å². The Morgan fingerprint density at radius 1 is 1.44 bits per heavy atom. The second-order valence-electron chi connectivity index (χ2n) is 3.89. The van der Waals surface area contributed by atoms with E-state index in [9.17, 15) is 9.59 Å². The Morgan fingerprint density at radius 2 is 1.94 bits per heavy atom. The molecule has 0 aliphatic rings. The summed E-state index contributed by atoms with van der Waals surface area (Å²) in [6.45, 7) is 5.26. The lowest BCUT2D eigenvalue weighted by Crippen LogP contribution is -2.48. The van der Waals surface area contributed by atoms with Crippen molar-refractivity contribution in [3.63, 3.8) is 0 Å². The average Bonchev–Trinajstić information content (AvgIpc) is 2.16. The Hall–Kier alpha value is -1.40. The summed E-state index contributed by atoms with van der Waals surface area (Å²) in [4.78, 5) is 21.4. The minimum atomic E-state index is -1.39. The fraction of sp³-hybridized carbons (Fsp3) is 0.600. The van der Waals surface area contributed by atoms with Gasteiger partial charge in [0, 0.05) is 0 Å². The molecule has 0 aromatic carbocycles. The van der Waals surface area contributed by atoms with Gasteiger partial charge in [-0.1, -0.05) is 19.1 Å². The molecule has 0 bridgehead atoms. The van der Waals surface area contributed by atoms with Crippen molar-refractivity contribution in [1.82, 2.24) is 0 Å². The molecule has 0 aliphatic carbocycles. The number of carboxylic acid groups (broad SMARTS) is 2. The van der Waals surface area contributed by atoms with E-state index < -0.39 is 23.5 Å². The molecule has 0 rings (SSSR count). The van der Waals surface area contributed by atoms with Crippen LogP contribution in [0.5, 0.6) is 0 Å². The molecule has 6 N–H and O–H groups in total. The maximum Gasteiger partial charge on any atom is 0.323 e. The van der Waals surface area contributed by atoms with Crippen molar-refractivity contribution in [3.8, 4) is 0 Å². The van der Waals surface area contributed by atoms with E-state index in [0.29, 0.717) is 5.57 Å². The maximum absolute atomic E-state index is 10.9. The first-order valence-electron chi connectivity index (χ1n) is 4.90. The molecule has 0 heterocycles. The van der Waals surface area contributed by atoms with E-state index in [4.69, 9.17) is 21.7 Å². The molecule has 0 amide bonds. The first-order chi connectivity index (χ1) is 7.23. The van der Waals surface area contributed by atoms with E-state index >= 15 is 0 Å². The summed E-state index contributed by atoms with van der Waals surface area (Å²) < 4.78 is 0. The second-order valence-corrected chi connectivity index (χ2v) is 3.89. The Balaban J connectivity index is 4.44. The van der Waals surface area contributed by atoms with E-state index in [1.165, 1.54) is 0 Å².